The van der Waals surface area contributed by atoms with Crippen molar-refractivity contribution in [3.05, 3.63) is 33.8 Å². The summed E-state index contributed by atoms with van der Waals surface area (Å²) in [5.41, 5.74) is -0.514. The van der Waals surface area contributed by atoms with E-state index in [1.807, 2.05) is 0 Å². The highest BCUT2D eigenvalue weighted by atomic mass is 35.5. The summed E-state index contributed by atoms with van der Waals surface area (Å²) in [6.45, 7) is 0.130. The maximum absolute atomic E-state index is 12.1. The van der Waals surface area contributed by atoms with E-state index in [1.165, 1.54) is 12.1 Å². The maximum atomic E-state index is 12.1. The Morgan fingerprint density at radius 1 is 1.10 bits per heavy atom. The molecule has 0 unspecified atom stereocenters. The highest BCUT2D eigenvalue weighted by Gasteiger charge is 2.39. The van der Waals surface area contributed by atoms with Gasteiger partial charge in [0.2, 0.25) is 0 Å². The maximum Gasteiger partial charge on any atom is 0.311 e. The van der Waals surface area contributed by atoms with E-state index in [-0.39, 0.29) is 12.5 Å². The Morgan fingerprint density at radius 2 is 1.67 bits per heavy atom. The van der Waals surface area contributed by atoms with Crippen molar-refractivity contribution in [2.24, 2.45) is 5.41 Å². The number of hydrogen-bond acceptors (Lipinski definition) is 2. The summed E-state index contributed by atoms with van der Waals surface area (Å²) in [6.07, 6.45) is 4.00. The van der Waals surface area contributed by atoms with E-state index in [1.54, 1.807) is 6.07 Å². The molecular formula is C15H17Cl2NO3. The van der Waals surface area contributed by atoms with E-state index >= 15 is 0 Å². The number of amides is 1. The second kappa shape index (κ2) is 6.67. The van der Waals surface area contributed by atoms with Gasteiger partial charge in [0.05, 0.1) is 5.41 Å². The first-order valence-corrected chi connectivity index (χ1v) is 7.66. The predicted molar refractivity (Wildman–Crippen MR) is 81.9 cm³/mol. The summed E-state index contributed by atoms with van der Waals surface area (Å²) in [4.78, 5) is 23.7. The van der Waals surface area contributed by atoms with Crippen LogP contribution in [0.4, 0.5) is 0 Å². The zero-order valence-corrected chi connectivity index (χ0v) is 13.0. The molecule has 1 aromatic rings. The number of carbonyl (C=O) groups is 2. The lowest BCUT2D eigenvalue weighted by atomic mass is 9.74. The summed E-state index contributed by atoms with van der Waals surface area (Å²) in [5, 5.41) is 12.9. The quantitative estimate of drug-likeness (QED) is 0.883. The van der Waals surface area contributed by atoms with Crippen molar-refractivity contribution in [2.45, 2.75) is 32.1 Å². The molecule has 114 valence electrons. The van der Waals surface area contributed by atoms with Crippen LogP contribution in [0.2, 0.25) is 10.0 Å². The van der Waals surface area contributed by atoms with Crippen molar-refractivity contribution in [3.8, 4) is 0 Å². The first-order valence-electron chi connectivity index (χ1n) is 6.91. The van der Waals surface area contributed by atoms with Gasteiger partial charge in [-0.2, -0.15) is 0 Å². The highest BCUT2D eigenvalue weighted by molar-refractivity contribution is 6.35. The van der Waals surface area contributed by atoms with Crippen LogP contribution >= 0.6 is 23.2 Å². The van der Waals surface area contributed by atoms with Crippen LogP contribution in [-0.2, 0) is 4.79 Å². The number of benzene rings is 1. The molecule has 1 aliphatic carbocycles. The van der Waals surface area contributed by atoms with Gasteiger partial charge in [0, 0.05) is 22.2 Å². The molecule has 0 bridgehead atoms. The molecule has 6 heteroatoms. The highest BCUT2D eigenvalue weighted by Crippen LogP contribution is 2.36. The Morgan fingerprint density at radius 3 is 2.19 bits per heavy atom. The summed E-state index contributed by atoms with van der Waals surface area (Å²) in [5.74, 6) is -1.20. The van der Waals surface area contributed by atoms with Gasteiger partial charge in [-0.05, 0) is 31.0 Å². The third kappa shape index (κ3) is 3.89. The number of carboxylic acids is 1. The van der Waals surface area contributed by atoms with E-state index in [2.05, 4.69) is 5.32 Å². The predicted octanol–water partition coefficient (Wildman–Crippen LogP) is 3.76. The molecule has 0 saturated heterocycles. The van der Waals surface area contributed by atoms with Gasteiger partial charge in [-0.3, -0.25) is 9.59 Å². The van der Waals surface area contributed by atoms with Crippen molar-refractivity contribution in [1.29, 1.82) is 0 Å². The molecule has 0 heterocycles. The Labute approximate surface area is 133 Å². The van der Waals surface area contributed by atoms with Crippen LogP contribution < -0.4 is 5.32 Å². The average Bonchev–Trinajstić information content (AvgIpc) is 2.44. The average molecular weight is 330 g/mol. The molecule has 1 aliphatic rings. The summed E-state index contributed by atoms with van der Waals surface area (Å²) in [7, 11) is 0. The van der Waals surface area contributed by atoms with Crippen LogP contribution in [0.25, 0.3) is 0 Å². The van der Waals surface area contributed by atoms with Crippen molar-refractivity contribution < 1.29 is 14.7 Å². The smallest absolute Gasteiger partial charge is 0.311 e. The lowest BCUT2D eigenvalue weighted by molar-refractivity contribution is -0.150. The standard InChI is InChI=1S/C15H17Cl2NO3/c16-11-6-10(7-12(17)8-11)13(19)18-9-15(14(20)21)4-2-1-3-5-15/h6-8H,1-5,9H2,(H,18,19)(H,20,21). The Bertz CT molecular complexity index is 534. The van der Waals surface area contributed by atoms with Crippen LogP contribution in [-0.4, -0.2) is 23.5 Å². The molecule has 4 nitrogen and oxygen atoms in total. The van der Waals surface area contributed by atoms with Crippen LogP contribution in [0.15, 0.2) is 18.2 Å². The monoisotopic (exact) mass is 329 g/mol. The molecule has 0 aromatic heterocycles. The summed E-state index contributed by atoms with van der Waals surface area (Å²) >= 11 is 11.7. The molecule has 21 heavy (non-hydrogen) atoms. The number of carboxylic acid groups (broad SMARTS) is 1. The molecule has 1 saturated carbocycles. The molecule has 2 rings (SSSR count). The van der Waals surface area contributed by atoms with Crippen molar-refractivity contribution >= 4 is 35.1 Å². The number of carbonyl (C=O) groups excluding carboxylic acids is 1. The van der Waals surface area contributed by atoms with Crippen molar-refractivity contribution in [3.63, 3.8) is 0 Å². The molecule has 0 atom stereocenters. The van der Waals surface area contributed by atoms with Crippen LogP contribution in [0.1, 0.15) is 42.5 Å². The first kappa shape index (κ1) is 16.1. The lowest BCUT2D eigenvalue weighted by Crippen LogP contribution is -2.44. The van der Waals surface area contributed by atoms with Crippen molar-refractivity contribution in [1.82, 2.24) is 5.32 Å². The Kier molecular flexibility index (Phi) is 5.12. The lowest BCUT2D eigenvalue weighted by Gasteiger charge is -2.33. The minimum Gasteiger partial charge on any atom is -0.481 e. The van der Waals surface area contributed by atoms with Gasteiger partial charge in [0.25, 0.3) is 5.91 Å². The van der Waals surface area contributed by atoms with Crippen LogP contribution in [0.3, 0.4) is 0 Å². The minimum absolute atomic E-state index is 0.130. The topological polar surface area (TPSA) is 66.4 Å². The van der Waals surface area contributed by atoms with E-state index in [9.17, 15) is 14.7 Å². The third-order valence-electron chi connectivity index (χ3n) is 3.98. The fraction of sp³-hybridized carbons (Fsp3) is 0.467. The fourth-order valence-corrected chi connectivity index (χ4v) is 3.26. The van der Waals surface area contributed by atoms with Gasteiger partial charge in [-0.15, -0.1) is 0 Å². The summed E-state index contributed by atoms with van der Waals surface area (Å²) < 4.78 is 0. The molecule has 0 radical (unpaired) electrons. The zero-order valence-electron chi connectivity index (χ0n) is 11.5. The van der Waals surface area contributed by atoms with Crippen molar-refractivity contribution in [2.75, 3.05) is 6.54 Å². The first-order chi connectivity index (χ1) is 9.93. The van der Waals surface area contributed by atoms with Gasteiger partial charge < -0.3 is 10.4 Å². The second-order valence-corrected chi connectivity index (χ2v) is 6.36. The molecule has 1 aromatic carbocycles. The normalized spacial score (nSPS) is 17.2. The summed E-state index contributed by atoms with van der Waals surface area (Å²) in [6, 6.07) is 4.56. The molecule has 1 fully saturated rings. The van der Waals surface area contributed by atoms with Crippen LogP contribution in [0.5, 0.6) is 0 Å². The van der Waals surface area contributed by atoms with Gasteiger partial charge >= 0.3 is 5.97 Å². The zero-order chi connectivity index (χ0) is 15.5. The number of hydrogen-bond donors (Lipinski definition) is 2. The van der Waals surface area contributed by atoms with E-state index in [4.69, 9.17) is 23.2 Å². The number of rotatable bonds is 4. The fourth-order valence-electron chi connectivity index (χ4n) is 2.73. The van der Waals surface area contributed by atoms with E-state index in [0.717, 1.165) is 19.3 Å². The van der Waals surface area contributed by atoms with Gasteiger partial charge in [-0.25, -0.2) is 0 Å². The largest absolute Gasteiger partial charge is 0.481 e. The molecular weight excluding hydrogens is 313 g/mol. The van der Waals surface area contributed by atoms with E-state index in [0.29, 0.717) is 28.5 Å². The Balaban J connectivity index is 2.06. The number of nitrogens with one attached hydrogen (secondary N) is 1. The Hall–Kier alpha value is -1.26. The third-order valence-corrected chi connectivity index (χ3v) is 4.41. The SMILES string of the molecule is O=C(NCC1(C(=O)O)CCCCC1)c1cc(Cl)cc(Cl)c1. The van der Waals surface area contributed by atoms with Crippen LogP contribution in [0, 0.1) is 5.41 Å². The molecule has 2 N–H and O–H groups in total. The van der Waals surface area contributed by atoms with E-state index < -0.39 is 11.4 Å². The van der Waals surface area contributed by atoms with Gasteiger partial charge in [0.1, 0.15) is 0 Å². The number of aliphatic carboxylic acids is 1. The minimum atomic E-state index is -0.851. The molecule has 0 spiro atoms. The van der Waals surface area contributed by atoms with Gasteiger partial charge in [-0.1, -0.05) is 42.5 Å². The number of halogens is 2. The molecule has 0 aliphatic heterocycles. The molecule has 1 amide bonds. The second-order valence-electron chi connectivity index (χ2n) is 5.49. The van der Waals surface area contributed by atoms with Gasteiger partial charge in [0.15, 0.2) is 0 Å².